The molecule has 3 aliphatic heterocycles. The van der Waals surface area contributed by atoms with Gasteiger partial charge in [-0.15, -0.1) is 0 Å². The van der Waals surface area contributed by atoms with Crippen LogP contribution in [0, 0.1) is 23.7 Å². The summed E-state index contributed by atoms with van der Waals surface area (Å²) in [5.41, 5.74) is -0.716. The van der Waals surface area contributed by atoms with Crippen molar-refractivity contribution in [1.29, 1.82) is 0 Å². The third-order valence-corrected chi connectivity index (χ3v) is 11.6. The maximum atomic E-state index is 14.4. The lowest BCUT2D eigenvalue weighted by atomic mass is 9.73. The van der Waals surface area contributed by atoms with Crippen molar-refractivity contribution in [2.45, 2.75) is 142 Å². The van der Waals surface area contributed by atoms with Gasteiger partial charge in [0.2, 0.25) is 5.91 Å². The molecule has 13 atom stereocenters. The highest BCUT2D eigenvalue weighted by Crippen LogP contribution is 2.40. The van der Waals surface area contributed by atoms with E-state index in [4.69, 9.17) is 23.7 Å². The summed E-state index contributed by atoms with van der Waals surface area (Å²) >= 11 is 0. The standard InChI is InChI=1S/C42H64N2O10/c1-12-33-42(9,49)38-26(4)34(43-29(7)45)24(2)21-41(8,51-23-31(22-50-38)19-18-30-16-14-13-15-17-30)37(27(5)35(46)28(6)39(48)53-33)54-40-36(47)32(44(10)11)20-25(3)52-40/h13-17,19,24-28,32-33,36-38,40,47,49H,12,18,20-23H2,1-11H3/b31-19-,43-34?/t24?,25-,26?,27+,28-,32+,33-,36?,37?,38?,40+,41-,42-/m1/s1. The highest BCUT2D eigenvalue weighted by molar-refractivity contribution is 6.00. The van der Waals surface area contributed by atoms with Crippen LogP contribution in [0.1, 0.15) is 87.1 Å². The maximum Gasteiger partial charge on any atom is 0.316 e. The molecule has 5 unspecified atom stereocenters. The van der Waals surface area contributed by atoms with Crippen molar-refractivity contribution in [2.24, 2.45) is 28.7 Å². The van der Waals surface area contributed by atoms with Crippen LogP contribution in [0.4, 0.5) is 0 Å². The molecule has 0 saturated carbocycles. The summed E-state index contributed by atoms with van der Waals surface area (Å²) in [7, 11) is 3.77. The third-order valence-electron chi connectivity index (χ3n) is 11.6. The topological polar surface area (TPSA) is 153 Å². The van der Waals surface area contributed by atoms with E-state index < -0.39 is 83.2 Å². The number of carbonyl (C=O) groups excluding carboxylic acids is 3. The van der Waals surface area contributed by atoms with Gasteiger partial charge in [0.25, 0.3) is 0 Å². The zero-order valence-electron chi connectivity index (χ0n) is 34.1. The van der Waals surface area contributed by atoms with Gasteiger partial charge in [-0.1, -0.05) is 64.1 Å². The minimum atomic E-state index is -1.76. The van der Waals surface area contributed by atoms with Gasteiger partial charge in [-0.05, 0) is 84.5 Å². The Hall–Kier alpha value is -2.84. The van der Waals surface area contributed by atoms with Gasteiger partial charge in [-0.25, -0.2) is 4.99 Å². The van der Waals surface area contributed by atoms with Gasteiger partial charge in [0.05, 0.1) is 37.1 Å². The molecule has 2 N–H and O–H groups in total. The number of fused-ring (bicyclic) bond motifs is 5. The first-order valence-electron chi connectivity index (χ1n) is 19.5. The van der Waals surface area contributed by atoms with Crippen LogP contribution in [0.25, 0.3) is 0 Å². The summed E-state index contributed by atoms with van der Waals surface area (Å²) in [6.45, 7) is 15.6. The van der Waals surface area contributed by atoms with Gasteiger partial charge >= 0.3 is 5.97 Å². The average molecular weight is 757 g/mol. The lowest BCUT2D eigenvalue weighted by Crippen LogP contribution is -2.60. The third kappa shape index (κ3) is 10.1. The molecule has 1 aromatic carbocycles. The molecular weight excluding hydrogens is 692 g/mol. The predicted octanol–water partition coefficient (Wildman–Crippen LogP) is 4.72. The van der Waals surface area contributed by atoms with Crippen LogP contribution in [0.2, 0.25) is 0 Å². The van der Waals surface area contributed by atoms with Crippen molar-refractivity contribution in [3.05, 3.63) is 47.5 Å². The fourth-order valence-electron chi connectivity index (χ4n) is 8.57. The first kappa shape index (κ1) is 43.9. The molecule has 3 saturated heterocycles. The SMILES string of the molecule is CC[C@H]1OC(=O)[C@H](C)C(=O)[C@H](C)C(O[C@@H]2O[C@H](C)C[C@H](N(C)C)C2O)[C@@]2(C)CC(C)C(=NC(C)=O)C(C)C(OC/C(=C/Cc3ccccc3)CO2)[C@]1(C)O. The Labute approximate surface area is 321 Å². The van der Waals surface area contributed by atoms with Crippen molar-refractivity contribution in [3.8, 4) is 0 Å². The molecule has 3 fully saturated rings. The first-order chi connectivity index (χ1) is 25.3. The smallest absolute Gasteiger partial charge is 0.316 e. The monoisotopic (exact) mass is 756 g/mol. The van der Waals surface area contributed by atoms with Crippen LogP contribution in [-0.2, 0) is 44.5 Å². The van der Waals surface area contributed by atoms with Crippen molar-refractivity contribution in [1.82, 2.24) is 4.90 Å². The van der Waals surface area contributed by atoms with E-state index in [1.165, 1.54) is 13.8 Å². The molecular formula is C42H64N2O10. The molecule has 1 aromatic rings. The summed E-state index contributed by atoms with van der Waals surface area (Å²) in [5.74, 6) is -4.92. The average Bonchev–Trinajstić information content (AvgIpc) is 3.13. The molecule has 0 aromatic heterocycles. The summed E-state index contributed by atoms with van der Waals surface area (Å²) in [4.78, 5) is 47.5. The Morgan fingerprint density at radius 2 is 1.72 bits per heavy atom. The molecule has 3 aliphatic rings. The Bertz CT molecular complexity index is 1510. The number of esters is 1. The molecule has 12 nitrogen and oxygen atoms in total. The van der Waals surface area contributed by atoms with E-state index in [1.54, 1.807) is 20.8 Å². The maximum absolute atomic E-state index is 14.4. The number of cyclic esters (lactones) is 1. The molecule has 2 bridgehead atoms. The number of ketones is 1. The molecule has 3 heterocycles. The van der Waals surface area contributed by atoms with Crippen LogP contribution in [0.5, 0.6) is 0 Å². The fourth-order valence-corrected chi connectivity index (χ4v) is 8.57. The molecule has 12 heteroatoms. The summed E-state index contributed by atoms with van der Waals surface area (Å²) in [6, 6.07) is 9.68. The number of allylic oxidation sites excluding steroid dienone is 1. The van der Waals surface area contributed by atoms with Crippen LogP contribution in [0.15, 0.2) is 47.0 Å². The molecule has 54 heavy (non-hydrogen) atoms. The van der Waals surface area contributed by atoms with Crippen LogP contribution in [-0.4, -0.2) is 120 Å². The van der Waals surface area contributed by atoms with E-state index in [2.05, 4.69) is 4.99 Å². The lowest BCUT2D eigenvalue weighted by molar-refractivity contribution is -0.296. The number of benzene rings is 1. The van der Waals surface area contributed by atoms with Gasteiger partial charge in [-0.3, -0.25) is 14.4 Å². The number of hydrogen-bond donors (Lipinski definition) is 2. The second kappa shape index (κ2) is 18.4. The number of amides is 1. The number of likely N-dealkylation sites (N-methyl/N-ethyl adjacent to an activating group) is 1. The van der Waals surface area contributed by atoms with Crippen molar-refractivity contribution in [2.75, 3.05) is 27.3 Å². The van der Waals surface area contributed by atoms with Crippen molar-refractivity contribution < 1.29 is 48.3 Å². The summed E-state index contributed by atoms with van der Waals surface area (Å²) in [6.07, 6.45) is -1.92. The number of carbonyl (C=O) groups is 3. The number of ether oxygens (including phenoxy) is 5. The van der Waals surface area contributed by atoms with E-state index in [9.17, 15) is 24.6 Å². The van der Waals surface area contributed by atoms with Crippen molar-refractivity contribution in [3.63, 3.8) is 0 Å². The Balaban J connectivity index is 1.97. The Morgan fingerprint density at radius 3 is 2.33 bits per heavy atom. The predicted molar refractivity (Wildman–Crippen MR) is 205 cm³/mol. The minimum absolute atomic E-state index is 0.0447. The number of rotatable bonds is 6. The number of aliphatic hydroxyl groups is 2. The quantitative estimate of drug-likeness (QED) is 0.236. The second-order valence-corrected chi connectivity index (χ2v) is 16.4. The number of aliphatic hydroxyl groups excluding tert-OH is 1. The number of nitrogens with zero attached hydrogens (tertiary/aromatic N) is 2. The van der Waals surface area contributed by atoms with Crippen LogP contribution < -0.4 is 0 Å². The highest BCUT2D eigenvalue weighted by atomic mass is 16.7. The Kier molecular flexibility index (Phi) is 15.0. The molecule has 0 spiro atoms. The highest BCUT2D eigenvalue weighted by Gasteiger charge is 2.53. The van der Waals surface area contributed by atoms with Gasteiger partial charge in [0.1, 0.15) is 23.7 Å². The molecule has 4 rings (SSSR count). The molecule has 302 valence electrons. The van der Waals surface area contributed by atoms with E-state index in [0.717, 1.165) is 11.1 Å². The summed E-state index contributed by atoms with van der Waals surface area (Å²) in [5, 5.41) is 24.0. The Morgan fingerprint density at radius 1 is 1.06 bits per heavy atom. The van der Waals surface area contributed by atoms with Crippen LogP contribution >= 0.6 is 0 Å². The largest absolute Gasteiger partial charge is 0.459 e. The van der Waals surface area contributed by atoms with E-state index in [-0.39, 0.29) is 38.2 Å². The zero-order chi connectivity index (χ0) is 40.1. The zero-order valence-corrected chi connectivity index (χ0v) is 34.1. The second-order valence-electron chi connectivity index (χ2n) is 16.4. The number of hydrogen-bond acceptors (Lipinski definition) is 11. The number of Topliss-reactive ketones (excluding diaryl/α,β-unsaturated/α-hetero) is 1. The van der Waals surface area contributed by atoms with Crippen molar-refractivity contribution >= 4 is 23.4 Å². The molecule has 0 radical (unpaired) electrons. The van der Waals surface area contributed by atoms with E-state index in [1.807, 2.05) is 83.1 Å². The van der Waals surface area contributed by atoms with Crippen LogP contribution in [0.3, 0.4) is 0 Å². The van der Waals surface area contributed by atoms with Gasteiger partial charge in [-0.2, -0.15) is 0 Å². The minimum Gasteiger partial charge on any atom is -0.459 e. The van der Waals surface area contributed by atoms with Gasteiger partial charge < -0.3 is 38.8 Å². The van der Waals surface area contributed by atoms with E-state index >= 15 is 0 Å². The molecule has 1 amide bonds. The fraction of sp³-hybridized carbons (Fsp3) is 0.714. The van der Waals surface area contributed by atoms with Gasteiger partial charge in [0, 0.05) is 30.5 Å². The molecule has 0 aliphatic carbocycles. The first-order valence-corrected chi connectivity index (χ1v) is 19.5. The van der Waals surface area contributed by atoms with Gasteiger partial charge in [0.15, 0.2) is 12.1 Å². The number of aliphatic imine (C=N–C) groups is 1. The summed E-state index contributed by atoms with van der Waals surface area (Å²) < 4.78 is 32.7. The van der Waals surface area contributed by atoms with E-state index in [0.29, 0.717) is 18.6 Å². The normalized spacial score (nSPS) is 40.5. The lowest BCUT2D eigenvalue weighted by Gasteiger charge is -2.47.